The van der Waals surface area contributed by atoms with Crippen LogP contribution in [0.5, 0.6) is 0 Å². The molecule has 0 spiro atoms. The van der Waals surface area contributed by atoms with Gasteiger partial charge in [-0.05, 0) is 17.7 Å². The Hall–Kier alpha value is -0.183. The Morgan fingerprint density at radius 1 is 1.38 bits per heavy atom. The number of halogens is 1. The molecule has 1 aromatic rings. The number of allylic oxidation sites excluding steroid dienone is 1. The van der Waals surface area contributed by atoms with E-state index in [0.717, 1.165) is 0 Å². The molecule has 0 saturated heterocycles. The van der Waals surface area contributed by atoms with E-state index < -0.39 is 6.53 Å². The number of benzene rings is 1. The van der Waals surface area contributed by atoms with Crippen molar-refractivity contribution >= 4 is 35.8 Å². The number of thiol groups is 1. The first-order valence-corrected chi connectivity index (χ1v) is 9.15. The molecule has 0 amide bonds. The second-order valence-corrected chi connectivity index (χ2v) is 12.1. The minimum absolute atomic E-state index is 0.355. The van der Waals surface area contributed by atoms with Crippen molar-refractivity contribution in [2.24, 2.45) is 0 Å². The third-order valence-corrected chi connectivity index (χ3v) is 5.55. The Bertz CT molecular complexity index is 354. The van der Waals surface area contributed by atoms with Gasteiger partial charge in [0, 0.05) is 5.54 Å². The van der Waals surface area contributed by atoms with Crippen LogP contribution in [0, 0.1) is 0 Å². The summed E-state index contributed by atoms with van der Waals surface area (Å²) in [6.07, 6.45) is 4.32. The average Bonchev–Trinajstić information content (AvgIpc) is 2.45. The van der Waals surface area contributed by atoms with Gasteiger partial charge in [0.25, 0.3) is 0 Å². The average molecular weight is 227 g/mol. The first-order chi connectivity index (χ1) is 6.09. The van der Waals surface area contributed by atoms with Crippen LogP contribution in [0.3, 0.4) is 0 Å². The molecular formula is C10H11ClSSi. The predicted molar refractivity (Wildman–Crippen MR) is 64.7 cm³/mol. The number of hydrogen-bond donors (Lipinski definition) is 1. The molecule has 0 saturated carbocycles. The van der Waals surface area contributed by atoms with Crippen LogP contribution in [0.2, 0.25) is 6.55 Å². The summed E-state index contributed by atoms with van der Waals surface area (Å²) in [6.45, 7) is 0.169. The molecule has 0 radical (unpaired) electrons. The summed E-state index contributed by atoms with van der Waals surface area (Å²) in [5, 5.41) is 0. The summed E-state index contributed by atoms with van der Waals surface area (Å²) >= 11 is 10.8. The lowest BCUT2D eigenvalue weighted by molar-refractivity contribution is 1.21. The lowest BCUT2D eigenvalue weighted by atomic mass is 10.1. The molecular weight excluding hydrogens is 216 g/mol. The quantitative estimate of drug-likeness (QED) is 0.423. The van der Waals surface area contributed by atoms with Gasteiger partial charge in [-0.3, -0.25) is 0 Å². The SMILES string of the molecule is C[Si](S)(Cl)C1C=Cc2ccccc21. The van der Waals surface area contributed by atoms with Crippen molar-refractivity contribution in [2.75, 3.05) is 0 Å². The van der Waals surface area contributed by atoms with Crippen LogP contribution in [0.4, 0.5) is 0 Å². The first kappa shape index (κ1) is 9.37. The molecule has 0 N–H and O–H groups in total. The highest BCUT2D eigenvalue weighted by atomic mass is 35.6. The van der Waals surface area contributed by atoms with E-state index in [-0.39, 0.29) is 0 Å². The van der Waals surface area contributed by atoms with Gasteiger partial charge in [-0.2, -0.15) is 23.2 Å². The van der Waals surface area contributed by atoms with Gasteiger partial charge in [0.1, 0.15) is 0 Å². The van der Waals surface area contributed by atoms with Gasteiger partial charge in [-0.15, -0.1) is 0 Å². The lowest BCUT2D eigenvalue weighted by Gasteiger charge is -2.20. The van der Waals surface area contributed by atoms with E-state index in [9.17, 15) is 0 Å². The van der Waals surface area contributed by atoms with Gasteiger partial charge in [-0.25, -0.2) is 0 Å². The third-order valence-electron chi connectivity index (χ3n) is 2.37. The molecule has 2 unspecified atom stereocenters. The normalized spacial score (nSPS) is 24.1. The topological polar surface area (TPSA) is 0 Å². The molecule has 1 aromatic carbocycles. The maximum atomic E-state index is 6.32. The summed E-state index contributed by atoms with van der Waals surface area (Å²) in [5.41, 5.74) is 2.98. The van der Waals surface area contributed by atoms with Crippen LogP contribution in [-0.2, 0) is 0 Å². The molecule has 0 aliphatic heterocycles. The van der Waals surface area contributed by atoms with Crippen LogP contribution in [-0.4, -0.2) is 6.53 Å². The molecule has 1 aliphatic carbocycles. The number of rotatable bonds is 1. The molecule has 1 aliphatic rings. The van der Waals surface area contributed by atoms with Gasteiger partial charge in [0.05, 0.1) is 0 Å². The summed E-state index contributed by atoms with van der Waals surface area (Å²) < 4.78 is 0. The standard InChI is InChI=1S/C10H11ClSSi/c1-13(11,12)10-7-6-8-4-2-3-5-9(8)10/h2-7,10,12H,1H3. The Morgan fingerprint density at radius 3 is 2.77 bits per heavy atom. The zero-order valence-electron chi connectivity index (χ0n) is 7.37. The van der Waals surface area contributed by atoms with Crippen molar-refractivity contribution in [3.05, 3.63) is 41.5 Å². The van der Waals surface area contributed by atoms with Gasteiger partial charge in [0.2, 0.25) is 6.53 Å². The fourth-order valence-corrected chi connectivity index (χ4v) is 4.23. The van der Waals surface area contributed by atoms with E-state index in [4.69, 9.17) is 11.1 Å². The fourth-order valence-electron chi connectivity index (χ4n) is 1.71. The Labute approximate surface area is 89.4 Å². The van der Waals surface area contributed by atoms with Gasteiger partial charge < -0.3 is 0 Å². The summed E-state index contributed by atoms with van der Waals surface area (Å²) in [4.78, 5) is 0. The highest BCUT2D eigenvalue weighted by Crippen LogP contribution is 2.40. The predicted octanol–water partition coefficient (Wildman–Crippen LogP) is 3.58. The monoisotopic (exact) mass is 226 g/mol. The molecule has 0 heterocycles. The molecule has 0 bridgehead atoms. The van der Waals surface area contributed by atoms with Gasteiger partial charge in [-0.1, -0.05) is 36.4 Å². The van der Waals surface area contributed by atoms with Gasteiger partial charge in [0.15, 0.2) is 0 Å². The molecule has 13 heavy (non-hydrogen) atoms. The van der Waals surface area contributed by atoms with Crippen molar-refractivity contribution < 1.29 is 0 Å². The first-order valence-electron chi connectivity index (χ1n) is 4.27. The maximum Gasteiger partial charge on any atom is 0.220 e. The van der Waals surface area contributed by atoms with Crippen molar-refractivity contribution in [1.29, 1.82) is 0 Å². The van der Waals surface area contributed by atoms with E-state index in [1.165, 1.54) is 11.1 Å². The van der Waals surface area contributed by atoms with Crippen molar-refractivity contribution in [3.8, 4) is 0 Å². The van der Waals surface area contributed by atoms with E-state index >= 15 is 0 Å². The Balaban J connectivity index is 2.45. The molecule has 0 nitrogen and oxygen atoms in total. The Kier molecular flexibility index (Phi) is 2.30. The minimum Gasteiger partial charge on any atom is -0.184 e. The van der Waals surface area contributed by atoms with Crippen molar-refractivity contribution in [2.45, 2.75) is 12.1 Å². The van der Waals surface area contributed by atoms with Crippen LogP contribution in [0.1, 0.15) is 16.7 Å². The van der Waals surface area contributed by atoms with E-state index in [0.29, 0.717) is 5.54 Å². The smallest absolute Gasteiger partial charge is 0.184 e. The highest BCUT2D eigenvalue weighted by Gasteiger charge is 2.34. The van der Waals surface area contributed by atoms with Gasteiger partial charge >= 0.3 is 0 Å². The number of fused-ring (bicyclic) bond motifs is 1. The molecule has 2 rings (SSSR count). The largest absolute Gasteiger partial charge is 0.220 e. The fraction of sp³-hybridized carbons (Fsp3) is 0.200. The highest BCUT2D eigenvalue weighted by molar-refractivity contribution is 8.20. The van der Waals surface area contributed by atoms with E-state index in [1.807, 2.05) is 0 Å². The zero-order valence-corrected chi connectivity index (χ0v) is 10.0. The third kappa shape index (κ3) is 1.71. The minimum atomic E-state index is -1.90. The molecule has 0 fully saturated rings. The number of hydrogen-bond acceptors (Lipinski definition) is 1. The summed E-state index contributed by atoms with van der Waals surface area (Å²) in [5.74, 6) is 0. The maximum absolute atomic E-state index is 6.32. The summed E-state index contributed by atoms with van der Waals surface area (Å²) in [7, 11) is 0. The zero-order chi connectivity index (χ0) is 9.47. The van der Waals surface area contributed by atoms with Crippen LogP contribution < -0.4 is 0 Å². The molecule has 3 heteroatoms. The lowest BCUT2D eigenvalue weighted by Crippen LogP contribution is -2.23. The molecule has 68 valence electrons. The van der Waals surface area contributed by atoms with Crippen LogP contribution >= 0.6 is 23.2 Å². The molecule has 2 atom stereocenters. The second-order valence-electron chi connectivity index (χ2n) is 3.49. The van der Waals surface area contributed by atoms with E-state index in [2.05, 4.69) is 55.0 Å². The van der Waals surface area contributed by atoms with Crippen molar-refractivity contribution in [1.82, 2.24) is 0 Å². The Morgan fingerprint density at radius 2 is 2.08 bits per heavy atom. The van der Waals surface area contributed by atoms with Crippen molar-refractivity contribution in [3.63, 3.8) is 0 Å². The molecule has 0 aromatic heterocycles. The van der Waals surface area contributed by atoms with Crippen LogP contribution in [0.25, 0.3) is 6.08 Å². The van der Waals surface area contributed by atoms with E-state index in [1.54, 1.807) is 0 Å². The van der Waals surface area contributed by atoms with Crippen LogP contribution in [0.15, 0.2) is 30.3 Å². The second kappa shape index (κ2) is 3.19. The summed E-state index contributed by atoms with van der Waals surface area (Å²) in [6, 6.07) is 8.38.